The van der Waals surface area contributed by atoms with Crippen molar-refractivity contribution in [3.05, 3.63) is 30.3 Å². The minimum atomic E-state index is 0.714. The number of nitrogen functional groups attached to an aromatic ring is 1. The number of ether oxygens (including phenoxy) is 1. The first-order chi connectivity index (χ1) is 6.81. The van der Waals surface area contributed by atoms with E-state index in [1.54, 1.807) is 7.11 Å². The van der Waals surface area contributed by atoms with Crippen LogP contribution in [0, 0.1) is 0 Å². The Morgan fingerprint density at radius 3 is 2.79 bits per heavy atom. The zero-order valence-corrected chi connectivity index (χ0v) is 8.54. The van der Waals surface area contributed by atoms with E-state index >= 15 is 0 Å². The van der Waals surface area contributed by atoms with E-state index in [2.05, 4.69) is 4.37 Å². The van der Waals surface area contributed by atoms with Crippen LogP contribution in [-0.4, -0.2) is 11.5 Å². The number of methoxy groups -OCH3 is 1. The predicted molar refractivity (Wildman–Crippen MR) is 58.5 cm³/mol. The van der Waals surface area contributed by atoms with Crippen LogP contribution < -0.4 is 10.5 Å². The fourth-order valence-corrected chi connectivity index (χ4v) is 1.79. The summed E-state index contributed by atoms with van der Waals surface area (Å²) in [7, 11) is 1.65. The van der Waals surface area contributed by atoms with E-state index in [9.17, 15) is 0 Å². The third-order valence-corrected chi connectivity index (χ3v) is 2.53. The van der Waals surface area contributed by atoms with Crippen LogP contribution >= 0.6 is 11.5 Å². The summed E-state index contributed by atoms with van der Waals surface area (Å²) in [5, 5.41) is 0.714. The first-order valence-electron chi connectivity index (χ1n) is 4.17. The molecular formula is C10H10N2OS. The van der Waals surface area contributed by atoms with Crippen molar-refractivity contribution in [1.82, 2.24) is 4.37 Å². The molecule has 0 saturated heterocycles. The van der Waals surface area contributed by atoms with Crippen molar-refractivity contribution in [1.29, 1.82) is 0 Å². The van der Waals surface area contributed by atoms with Crippen LogP contribution in [-0.2, 0) is 0 Å². The number of aromatic nitrogens is 1. The molecule has 0 saturated carbocycles. The van der Waals surface area contributed by atoms with Gasteiger partial charge in [0.25, 0.3) is 0 Å². The quantitative estimate of drug-likeness (QED) is 0.820. The molecule has 0 atom stereocenters. The normalized spacial score (nSPS) is 10.1. The van der Waals surface area contributed by atoms with Gasteiger partial charge in [-0.2, -0.15) is 4.37 Å². The van der Waals surface area contributed by atoms with Gasteiger partial charge in [0.15, 0.2) is 0 Å². The van der Waals surface area contributed by atoms with Crippen molar-refractivity contribution < 1.29 is 4.74 Å². The lowest BCUT2D eigenvalue weighted by molar-refractivity contribution is 0.416. The van der Waals surface area contributed by atoms with Crippen LogP contribution in [0.4, 0.5) is 5.00 Å². The van der Waals surface area contributed by atoms with Gasteiger partial charge in [0.05, 0.1) is 12.8 Å². The number of nitrogens with zero attached hydrogens (tertiary/aromatic N) is 1. The Labute approximate surface area is 86.3 Å². The Balaban J connectivity index is 2.50. The average Bonchev–Trinajstić information content (AvgIpc) is 2.65. The van der Waals surface area contributed by atoms with Gasteiger partial charge >= 0.3 is 0 Å². The van der Waals surface area contributed by atoms with E-state index in [-0.39, 0.29) is 0 Å². The van der Waals surface area contributed by atoms with Crippen LogP contribution in [0.3, 0.4) is 0 Å². The molecule has 2 aromatic rings. The highest BCUT2D eigenvalue weighted by Gasteiger charge is 2.07. The van der Waals surface area contributed by atoms with Crippen molar-refractivity contribution in [2.24, 2.45) is 0 Å². The number of anilines is 1. The molecule has 1 aromatic carbocycles. The molecule has 3 nitrogen and oxygen atoms in total. The molecule has 0 radical (unpaired) electrons. The summed E-state index contributed by atoms with van der Waals surface area (Å²) < 4.78 is 9.46. The van der Waals surface area contributed by atoms with Gasteiger partial charge < -0.3 is 10.5 Å². The molecule has 0 spiro atoms. The van der Waals surface area contributed by atoms with Crippen molar-refractivity contribution in [2.45, 2.75) is 0 Å². The molecule has 0 aliphatic rings. The Hall–Kier alpha value is -1.55. The fourth-order valence-electron chi connectivity index (χ4n) is 1.27. The molecule has 0 aliphatic carbocycles. The van der Waals surface area contributed by atoms with E-state index in [4.69, 9.17) is 10.5 Å². The van der Waals surface area contributed by atoms with Crippen LogP contribution in [0.25, 0.3) is 11.3 Å². The summed E-state index contributed by atoms with van der Waals surface area (Å²) in [5.41, 5.74) is 7.46. The summed E-state index contributed by atoms with van der Waals surface area (Å²) in [6.45, 7) is 0. The van der Waals surface area contributed by atoms with E-state index in [1.807, 2.05) is 30.3 Å². The lowest BCUT2D eigenvalue weighted by Gasteiger charge is -2.04. The van der Waals surface area contributed by atoms with E-state index in [0.717, 1.165) is 17.0 Å². The second kappa shape index (κ2) is 3.67. The number of hydrogen-bond donors (Lipinski definition) is 1. The molecule has 0 amide bonds. The summed E-state index contributed by atoms with van der Waals surface area (Å²) in [6, 6.07) is 9.60. The predicted octanol–water partition coefficient (Wildman–Crippen LogP) is 2.40. The number of hydrogen-bond acceptors (Lipinski definition) is 4. The van der Waals surface area contributed by atoms with Gasteiger partial charge in [0, 0.05) is 11.6 Å². The SMILES string of the molecule is COc1ccccc1-c1cc(N)sn1. The molecule has 2 rings (SSSR count). The standard InChI is InChI=1S/C10H10N2OS/c1-13-9-5-3-2-4-7(9)8-6-10(11)14-12-8/h2-6H,11H2,1H3. The molecule has 2 N–H and O–H groups in total. The van der Waals surface area contributed by atoms with Gasteiger partial charge in [-0.15, -0.1) is 0 Å². The summed E-state index contributed by atoms with van der Waals surface area (Å²) in [4.78, 5) is 0. The molecule has 14 heavy (non-hydrogen) atoms. The summed E-state index contributed by atoms with van der Waals surface area (Å²) in [6.07, 6.45) is 0. The number of para-hydroxylation sites is 1. The van der Waals surface area contributed by atoms with E-state index in [1.165, 1.54) is 11.5 Å². The van der Waals surface area contributed by atoms with E-state index < -0.39 is 0 Å². The Morgan fingerprint density at radius 2 is 2.14 bits per heavy atom. The monoisotopic (exact) mass is 206 g/mol. The van der Waals surface area contributed by atoms with Crippen LogP contribution in [0.5, 0.6) is 5.75 Å². The summed E-state index contributed by atoms with van der Waals surface area (Å²) >= 11 is 1.29. The highest BCUT2D eigenvalue weighted by atomic mass is 32.1. The highest BCUT2D eigenvalue weighted by molar-refractivity contribution is 7.10. The first kappa shape index (κ1) is 9.02. The van der Waals surface area contributed by atoms with Gasteiger partial charge in [-0.3, -0.25) is 0 Å². The van der Waals surface area contributed by atoms with Gasteiger partial charge in [-0.25, -0.2) is 0 Å². The minimum Gasteiger partial charge on any atom is -0.496 e. The lowest BCUT2D eigenvalue weighted by Crippen LogP contribution is -1.86. The number of benzene rings is 1. The molecule has 4 heteroatoms. The molecule has 72 valence electrons. The lowest BCUT2D eigenvalue weighted by atomic mass is 10.1. The topological polar surface area (TPSA) is 48.1 Å². The summed E-state index contributed by atoms with van der Waals surface area (Å²) in [5.74, 6) is 0.817. The van der Waals surface area contributed by atoms with Crippen molar-refractivity contribution in [3.63, 3.8) is 0 Å². The number of nitrogens with two attached hydrogens (primary N) is 1. The van der Waals surface area contributed by atoms with Crippen LogP contribution in [0.1, 0.15) is 0 Å². The second-order valence-corrected chi connectivity index (χ2v) is 3.65. The maximum absolute atomic E-state index is 5.62. The first-order valence-corrected chi connectivity index (χ1v) is 4.94. The van der Waals surface area contributed by atoms with Gasteiger partial charge in [0.1, 0.15) is 10.8 Å². The van der Waals surface area contributed by atoms with Crippen LogP contribution in [0.15, 0.2) is 30.3 Å². The minimum absolute atomic E-state index is 0.714. The van der Waals surface area contributed by atoms with Gasteiger partial charge in [-0.05, 0) is 23.7 Å². The third-order valence-electron chi connectivity index (χ3n) is 1.91. The van der Waals surface area contributed by atoms with Gasteiger partial charge in [0.2, 0.25) is 0 Å². The zero-order valence-electron chi connectivity index (χ0n) is 7.73. The maximum Gasteiger partial charge on any atom is 0.128 e. The Morgan fingerprint density at radius 1 is 1.36 bits per heavy atom. The Bertz CT molecular complexity index is 439. The molecule has 1 heterocycles. The molecular weight excluding hydrogens is 196 g/mol. The van der Waals surface area contributed by atoms with Crippen molar-refractivity contribution >= 4 is 16.5 Å². The van der Waals surface area contributed by atoms with E-state index in [0.29, 0.717) is 5.00 Å². The smallest absolute Gasteiger partial charge is 0.128 e. The molecule has 1 aromatic heterocycles. The van der Waals surface area contributed by atoms with Crippen molar-refractivity contribution in [3.8, 4) is 17.0 Å². The average molecular weight is 206 g/mol. The number of rotatable bonds is 2. The molecule has 0 aliphatic heterocycles. The third kappa shape index (κ3) is 1.56. The molecule has 0 bridgehead atoms. The highest BCUT2D eigenvalue weighted by Crippen LogP contribution is 2.30. The zero-order chi connectivity index (χ0) is 9.97. The molecule has 0 fully saturated rings. The van der Waals surface area contributed by atoms with Crippen LogP contribution in [0.2, 0.25) is 0 Å². The fraction of sp³-hybridized carbons (Fsp3) is 0.100. The van der Waals surface area contributed by atoms with Crippen molar-refractivity contribution in [2.75, 3.05) is 12.8 Å². The second-order valence-electron chi connectivity index (χ2n) is 2.81. The van der Waals surface area contributed by atoms with Gasteiger partial charge in [-0.1, -0.05) is 12.1 Å². The maximum atomic E-state index is 5.62. The molecule has 0 unspecified atom stereocenters. The Kier molecular flexibility index (Phi) is 2.37. The largest absolute Gasteiger partial charge is 0.496 e.